The van der Waals surface area contributed by atoms with Crippen LogP contribution in [0.2, 0.25) is 0 Å². The lowest BCUT2D eigenvalue weighted by Crippen LogP contribution is -2.25. The third-order valence-electron chi connectivity index (χ3n) is 3.92. The second kappa shape index (κ2) is 6.49. The van der Waals surface area contributed by atoms with Crippen LogP contribution >= 0.6 is 11.3 Å². The highest BCUT2D eigenvalue weighted by Gasteiger charge is 2.16. The molecule has 0 aliphatic rings. The molecule has 1 amide bonds. The molecular weight excluding hydrogens is 332 g/mol. The Kier molecular flexibility index (Phi) is 4.03. The number of aromatic nitrogens is 3. The van der Waals surface area contributed by atoms with Gasteiger partial charge in [-0.25, -0.2) is 9.67 Å². The maximum absolute atomic E-state index is 12.6. The Labute approximate surface area is 149 Å². The topological polar surface area (TPSA) is 51.0 Å². The van der Waals surface area contributed by atoms with Crippen molar-refractivity contribution in [2.75, 3.05) is 7.05 Å². The van der Waals surface area contributed by atoms with E-state index >= 15 is 0 Å². The van der Waals surface area contributed by atoms with E-state index in [9.17, 15) is 4.79 Å². The Bertz CT molecular complexity index is 989. The summed E-state index contributed by atoms with van der Waals surface area (Å²) < 4.78 is 2.76. The van der Waals surface area contributed by atoms with E-state index in [-0.39, 0.29) is 5.91 Å². The zero-order chi connectivity index (χ0) is 17.2. The molecule has 2 aromatic heterocycles. The van der Waals surface area contributed by atoms with E-state index in [1.165, 1.54) is 0 Å². The monoisotopic (exact) mass is 348 g/mol. The molecule has 0 N–H and O–H groups in total. The molecule has 0 radical (unpaired) electrons. The Morgan fingerprint density at radius 3 is 2.68 bits per heavy atom. The average molecular weight is 348 g/mol. The lowest BCUT2D eigenvalue weighted by molar-refractivity contribution is 0.0785. The summed E-state index contributed by atoms with van der Waals surface area (Å²) in [6.07, 6.45) is 3.33. The second-order valence-electron chi connectivity index (χ2n) is 5.78. The van der Waals surface area contributed by atoms with Crippen LogP contribution in [0, 0.1) is 0 Å². The third kappa shape index (κ3) is 3.16. The van der Waals surface area contributed by atoms with Gasteiger partial charge in [0.25, 0.3) is 5.91 Å². The van der Waals surface area contributed by atoms with Crippen LogP contribution in [0.25, 0.3) is 15.3 Å². The predicted octanol–water partition coefficient (Wildman–Crippen LogP) is 3.75. The number of nitrogens with zero attached hydrogens (tertiary/aromatic N) is 4. The highest BCUT2D eigenvalue weighted by atomic mass is 32.1. The number of hydrogen-bond acceptors (Lipinski definition) is 4. The summed E-state index contributed by atoms with van der Waals surface area (Å²) in [4.78, 5) is 18.9. The minimum absolute atomic E-state index is 0.0591. The largest absolute Gasteiger partial charge is 0.337 e. The molecule has 0 saturated heterocycles. The van der Waals surface area contributed by atoms with Crippen molar-refractivity contribution < 1.29 is 4.79 Å². The van der Waals surface area contributed by atoms with Crippen molar-refractivity contribution >= 4 is 27.5 Å². The fourth-order valence-corrected chi connectivity index (χ4v) is 3.54. The van der Waals surface area contributed by atoms with E-state index in [0.29, 0.717) is 12.1 Å². The molecule has 0 bridgehead atoms. The van der Waals surface area contributed by atoms with E-state index in [1.54, 1.807) is 40.4 Å². The molecule has 0 saturated carbocycles. The van der Waals surface area contributed by atoms with Crippen molar-refractivity contribution in [3.63, 3.8) is 0 Å². The Hall–Kier alpha value is -2.99. The van der Waals surface area contributed by atoms with Crippen molar-refractivity contribution in [2.45, 2.75) is 6.54 Å². The van der Waals surface area contributed by atoms with Crippen molar-refractivity contribution in [1.29, 1.82) is 0 Å². The van der Waals surface area contributed by atoms with Crippen molar-refractivity contribution in [3.8, 4) is 5.13 Å². The molecule has 4 aromatic rings. The van der Waals surface area contributed by atoms with E-state index in [4.69, 9.17) is 0 Å². The van der Waals surface area contributed by atoms with Gasteiger partial charge < -0.3 is 4.90 Å². The van der Waals surface area contributed by atoms with E-state index in [2.05, 4.69) is 10.1 Å². The van der Waals surface area contributed by atoms with Gasteiger partial charge in [0.2, 0.25) is 5.13 Å². The maximum atomic E-state index is 12.6. The average Bonchev–Trinajstić information content (AvgIpc) is 3.28. The molecule has 124 valence electrons. The summed E-state index contributed by atoms with van der Waals surface area (Å²) in [5.41, 5.74) is 2.58. The first-order chi connectivity index (χ1) is 12.2. The predicted molar refractivity (Wildman–Crippen MR) is 99.0 cm³/mol. The van der Waals surface area contributed by atoms with Gasteiger partial charge in [-0.05, 0) is 17.7 Å². The Balaban J connectivity index is 1.54. The number of carbonyl (C=O) groups excluding carboxylic acids is 1. The van der Waals surface area contributed by atoms with Crippen molar-refractivity contribution in [3.05, 3.63) is 78.1 Å². The lowest BCUT2D eigenvalue weighted by atomic mass is 10.2. The van der Waals surface area contributed by atoms with Crippen LogP contribution in [0.5, 0.6) is 0 Å². The van der Waals surface area contributed by atoms with Crippen LogP contribution in [0.3, 0.4) is 0 Å². The number of carbonyl (C=O) groups is 1. The molecule has 0 aliphatic heterocycles. The van der Waals surface area contributed by atoms with Gasteiger partial charge in [-0.3, -0.25) is 4.79 Å². The number of hydrogen-bond donors (Lipinski definition) is 0. The van der Waals surface area contributed by atoms with Gasteiger partial charge in [-0.1, -0.05) is 53.8 Å². The molecule has 25 heavy (non-hydrogen) atoms. The number of fused-ring (bicyclic) bond motifs is 1. The highest BCUT2D eigenvalue weighted by molar-refractivity contribution is 7.20. The molecule has 2 heterocycles. The molecule has 0 spiro atoms. The van der Waals surface area contributed by atoms with E-state index in [1.807, 2.05) is 54.6 Å². The summed E-state index contributed by atoms with van der Waals surface area (Å²) in [5.74, 6) is -0.0591. The highest BCUT2D eigenvalue weighted by Crippen LogP contribution is 2.24. The zero-order valence-electron chi connectivity index (χ0n) is 13.7. The third-order valence-corrected chi connectivity index (χ3v) is 4.94. The van der Waals surface area contributed by atoms with Crippen LogP contribution in [0.15, 0.2) is 67.0 Å². The van der Waals surface area contributed by atoms with Gasteiger partial charge in [0.15, 0.2) is 0 Å². The fourth-order valence-electron chi connectivity index (χ4n) is 2.65. The molecule has 6 heteroatoms. The van der Waals surface area contributed by atoms with Gasteiger partial charge in [-0.15, -0.1) is 0 Å². The van der Waals surface area contributed by atoms with Crippen LogP contribution in [0.1, 0.15) is 15.9 Å². The van der Waals surface area contributed by atoms with Gasteiger partial charge >= 0.3 is 0 Å². The summed E-state index contributed by atoms with van der Waals surface area (Å²) >= 11 is 1.55. The molecule has 2 aromatic carbocycles. The number of para-hydroxylation sites is 1. The van der Waals surface area contributed by atoms with E-state index < -0.39 is 0 Å². The minimum atomic E-state index is -0.0591. The lowest BCUT2D eigenvalue weighted by Gasteiger charge is -2.16. The number of rotatable bonds is 4. The van der Waals surface area contributed by atoms with Gasteiger partial charge in [0.1, 0.15) is 0 Å². The number of thiazole rings is 1. The van der Waals surface area contributed by atoms with Crippen molar-refractivity contribution in [2.24, 2.45) is 0 Å². The maximum Gasteiger partial charge on any atom is 0.257 e. The molecule has 0 aliphatic carbocycles. The summed E-state index contributed by atoms with van der Waals surface area (Å²) in [7, 11) is 1.80. The van der Waals surface area contributed by atoms with Crippen LogP contribution in [-0.4, -0.2) is 32.6 Å². The summed E-state index contributed by atoms with van der Waals surface area (Å²) in [5, 5.41) is 5.06. The van der Waals surface area contributed by atoms with Gasteiger partial charge in [0.05, 0.1) is 22.0 Å². The Morgan fingerprint density at radius 2 is 1.88 bits per heavy atom. The fraction of sp³-hybridized carbons (Fsp3) is 0.105. The first-order valence-electron chi connectivity index (χ1n) is 7.91. The van der Waals surface area contributed by atoms with E-state index in [0.717, 1.165) is 20.9 Å². The van der Waals surface area contributed by atoms with Crippen molar-refractivity contribution in [1.82, 2.24) is 19.7 Å². The van der Waals surface area contributed by atoms with Crippen LogP contribution in [0.4, 0.5) is 0 Å². The second-order valence-corrected chi connectivity index (χ2v) is 6.79. The molecular formula is C19H16N4OS. The SMILES string of the molecule is CN(Cc1ccccc1)C(=O)c1cnn(-c2nc3ccccc3s2)c1. The molecule has 4 rings (SSSR count). The molecule has 0 atom stereocenters. The van der Waals surface area contributed by atoms with Crippen LogP contribution in [-0.2, 0) is 6.54 Å². The minimum Gasteiger partial charge on any atom is -0.337 e. The molecule has 5 nitrogen and oxygen atoms in total. The van der Waals surface area contributed by atoms with Gasteiger partial charge in [-0.2, -0.15) is 5.10 Å². The number of benzene rings is 2. The van der Waals surface area contributed by atoms with Crippen LogP contribution < -0.4 is 0 Å². The summed E-state index contributed by atoms with van der Waals surface area (Å²) in [6.45, 7) is 0.561. The summed E-state index contributed by atoms with van der Waals surface area (Å²) in [6, 6.07) is 17.9. The molecule has 0 fully saturated rings. The standard InChI is InChI=1S/C19H16N4OS/c1-22(12-14-7-3-2-4-8-14)18(24)15-11-20-23(13-15)19-21-16-9-5-6-10-17(16)25-19/h2-11,13H,12H2,1H3. The van der Waals surface area contributed by atoms with Gasteiger partial charge in [0, 0.05) is 19.8 Å². The Morgan fingerprint density at radius 1 is 1.12 bits per heavy atom. The number of amides is 1. The molecule has 0 unspecified atom stereocenters. The quantitative estimate of drug-likeness (QED) is 0.564. The smallest absolute Gasteiger partial charge is 0.257 e. The normalized spacial score (nSPS) is 10.9. The first kappa shape index (κ1) is 15.5. The first-order valence-corrected chi connectivity index (χ1v) is 8.72. The zero-order valence-corrected chi connectivity index (χ0v) is 14.5.